The molecule has 0 bridgehead atoms. The van der Waals surface area contributed by atoms with Gasteiger partial charge < -0.3 is 15.4 Å². The number of carbonyl (C=O) groups is 2. The zero-order chi connectivity index (χ0) is 23.9. The Morgan fingerprint density at radius 1 is 1.19 bits per heavy atom. The molecule has 1 atom stereocenters. The Kier molecular flexibility index (Phi) is 8.52. The molecule has 11 nitrogen and oxygen atoms in total. The summed E-state index contributed by atoms with van der Waals surface area (Å²) < 4.78 is 31.4. The highest BCUT2D eigenvalue weighted by Gasteiger charge is 2.22. The summed E-state index contributed by atoms with van der Waals surface area (Å²) in [6.45, 7) is 0.361. The Balaban J connectivity index is 1.88. The first-order valence-corrected chi connectivity index (χ1v) is 11.1. The lowest BCUT2D eigenvalue weighted by molar-refractivity contribution is -0.384. The maximum absolute atomic E-state index is 12.3. The average molecular weight is 485 g/mol. The first kappa shape index (κ1) is 25.0. The third-order valence-corrected chi connectivity index (χ3v) is 5.91. The zero-order valence-corrected chi connectivity index (χ0v) is 18.7. The van der Waals surface area contributed by atoms with Gasteiger partial charge in [0.25, 0.3) is 11.6 Å². The number of hydrogen-bond acceptors (Lipinski definition) is 8. The summed E-state index contributed by atoms with van der Waals surface area (Å²) in [4.78, 5) is 33.8. The maximum Gasteiger partial charge on any atom is 0.321 e. The summed E-state index contributed by atoms with van der Waals surface area (Å²) in [5.41, 5.74) is 0.483. The molecule has 1 amide bonds. The molecule has 0 aliphatic rings. The smallest absolute Gasteiger partial charge is 0.321 e. The van der Waals surface area contributed by atoms with Crippen molar-refractivity contribution in [3.63, 3.8) is 0 Å². The SMILES string of the molecule is CNc1ccc(S(=O)(=O)NCC(=O)OCC(=O)NC(C)c2ccc(Cl)cc2)cc1[N+](=O)[O-]. The van der Waals surface area contributed by atoms with Gasteiger partial charge >= 0.3 is 5.97 Å². The van der Waals surface area contributed by atoms with Crippen molar-refractivity contribution in [2.45, 2.75) is 17.9 Å². The molecule has 2 rings (SSSR count). The monoisotopic (exact) mass is 484 g/mol. The van der Waals surface area contributed by atoms with E-state index in [2.05, 4.69) is 10.6 Å². The van der Waals surface area contributed by atoms with Gasteiger partial charge in [0.2, 0.25) is 10.0 Å². The normalized spacial score (nSPS) is 12.0. The molecular weight excluding hydrogens is 464 g/mol. The molecule has 0 heterocycles. The molecule has 0 aromatic heterocycles. The minimum atomic E-state index is -4.23. The number of rotatable bonds is 10. The van der Waals surface area contributed by atoms with Crippen LogP contribution in [0.15, 0.2) is 47.4 Å². The van der Waals surface area contributed by atoms with E-state index in [9.17, 15) is 28.1 Å². The number of nitro benzene ring substituents is 1. The second-order valence-electron chi connectivity index (χ2n) is 6.51. The van der Waals surface area contributed by atoms with Gasteiger partial charge in [-0.1, -0.05) is 23.7 Å². The Bertz CT molecular complexity index is 1110. The molecule has 32 heavy (non-hydrogen) atoms. The van der Waals surface area contributed by atoms with Gasteiger partial charge in [0.15, 0.2) is 6.61 Å². The number of amides is 1. The Hall–Kier alpha value is -3.22. The minimum absolute atomic E-state index is 0.132. The number of carbonyl (C=O) groups excluding carboxylic acids is 2. The zero-order valence-electron chi connectivity index (χ0n) is 17.1. The van der Waals surface area contributed by atoms with Crippen molar-refractivity contribution in [1.82, 2.24) is 10.0 Å². The van der Waals surface area contributed by atoms with Crippen molar-refractivity contribution < 1.29 is 27.7 Å². The molecule has 3 N–H and O–H groups in total. The molecule has 0 saturated carbocycles. The van der Waals surface area contributed by atoms with E-state index in [1.807, 2.05) is 4.72 Å². The first-order chi connectivity index (χ1) is 15.0. The fourth-order valence-electron chi connectivity index (χ4n) is 2.59. The molecule has 1 unspecified atom stereocenters. The number of nitro groups is 1. The maximum atomic E-state index is 12.3. The van der Waals surface area contributed by atoms with E-state index in [0.717, 1.165) is 17.7 Å². The summed E-state index contributed by atoms with van der Waals surface area (Å²) in [6.07, 6.45) is 0. The number of sulfonamides is 1. The van der Waals surface area contributed by atoms with E-state index in [-0.39, 0.29) is 11.7 Å². The highest BCUT2D eigenvalue weighted by molar-refractivity contribution is 7.89. The van der Waals surface area contributed by atoms with Crippen LogP contribution in [0.4, 0.5) is 11.4 Å². The third-order valence-electron chi connectivity index (χ3n) is 4.26. The Morgan fingerprint density at radius 2 is 1.84 bits per heavy atom. The largest absolute Gasteiger partial charge is 0.455 e. The lowest BCUT2D eigenvalue weighted by Gasteiger charge is -2.14. The van der Waals surface area contributed by atoms with Crippen molar-refractivity contribution in [1.29, 1.82) is 0 Å². The van der Waals surface area contributed by atoms with Gasteiger partial charge in [-0.25, -0.2) is 8.42 Å². The molecule has 0 spiro atoms. The van der Waals surface area contributed by atoms with Crippen LogP contribution in [-0.4, -0.2) is 45.4 Å². The summed E-state index contributed by atoms with van der Waals surface area (Å²) in [5.74, 6) is -1.58. The van der Waals surface area contributed by atoms with Gasteiger partial charge in [-0.3, -0.25) is 19.7 Å². The Labute approximate surface area is 189 Å². The van der Waals surface area contributed by atoms with Gasteiger partial charge in [-0.2, -0.15) is 4.72 Å². The fraction of sp³-hybridized carbons (Fsp3) is 0.263. The van der Waals surface area contributed by atoms with Crippen LogP contribution in [0.25, 0.3) is 0 Å². The van der Waals surface area contributed by atoms with Crippen molar-refractivity contribution in [2.24, 2.45) is 0 Å². The van der Waals surface area contributed by atoms with E-state index in [1.165, 1.54) is 13.1 Å². The van der Waals surface area contributed by atoms with Crippen LogP contribution in [0.3, 0.4) is 0 Å². The van der Waals surface area contributed by atoms with Crippen molar-refractivity contribution in [2.75, 3.05) is 25.5 Å². The van der Waals surface area contributed by atoms with E-state index >= 15 is 0 Å². The lowest BCUT2D eigenvalue weighted by Crippen LogP contribution is -2.34. The highest BCUT2D eigenvalue weighted by atomic mass is 35.5. The van der Waals surface area contributed by atoms with Crippen molar-refractivity contribution >= 4 is 44.9 Å². The molecule has 2 aromatic carbocycles. The topological polar surface area (TPSA) is 157 Å². The number of esters is 1. The number of benzene rings is 2. The van der Waals surface area contributed by atoms with Gasteiger partial charge in [-0.15, -0.1) is 0 Å². The van der Waals surface area contributed by atoms with E-state index < -0.39 is 50.6 Å². The van der Waals surface area contributed by atoms with E-state index in [4.69, 9.17) is 16.3 Å². The van der Waals surface area contributed by atoms with Crippen LogP contribution in [-0.2, 0) is 24.3 Å². The molecule has 0 saturated heterocycles. The summed E-state index contributed by atoms with van der Waals surface area (Å²) >= 11 is 5.82. The summed E-state index contributed by atoms with van der Waals surface area (Å²) in [5, 5.41) is 16.9. The summed E-state index contributed by atoms with van der Waals surface area (Å²) in [6, 6.07) is 9.70. The number of nitrogens with one attached hydrogen (secondary N) is 3. The molecule has 0 fully saturated rings. The minimum Gasteiger partial charge on any atom is -0.455 e. The molecule has 172 valence electrons. The molecular formula is C19H21ClN4O7S. The van der Waals surface area contributed by atoms with Gasteiger partial charge in [0.05, 0.1) is 15.9 Å². The van der Waals surface area contributed by atoms with Crippen LogP contribution in [0.1, 0.15) is 18.5 Å². The first-order valence-electron chi connectivity index (χ1n) is 9.20. The molecule has 2 aromatic rings. The van der Waals surface area contributed by atoms with Gasteiger partial charge in [0.1, 0.15) is 12.2 Å². The second-order valence-corrected chi connectivity index (χ2v) is 8.72. The van der Waals surface area contributed by atoms with Crippen LogP contribution in [0.2, 0.25) is 5.02 Å². The average Bonchev–Trinajstić information content (AvgIpc) is 2.76. The number of ether oxygens (including phenoxy) is 1. The lowest BCUT2D eigenvalue weighted by atomic mass is 10.1. The van der Waals surface area contributed by atoms with Crippen LogP contribution < -0.4 is 15.4 Å². The predicted molar refractivity (Wildman–Crippen MR) is 117 cm³/mol. The molecule has 0 aliphatic carbocycles. The molecule has 0 aliphatic heterocycles. The van der Waals surface area contributed by atoms with Crippen LogP contribution in [0.5, 0.6) is 0 Å². The summed E-state index contributed by atoms with van der Waals surface area (Å²) in [7, 11) is -2.77. The number of hydrogen-bond donors (Lipinski definition) is 3. The third kappa shape index (κ3) is 6.90. The number of nitrogens with zero attached hydrogens (tertiary/aromatic N) is 1. The van der Waals surface area contributed by atoms with Crippen molar-refractivity contribution in [3.05, 3.63) is 63.2 Å². The standard InChI is InChI=1S/C19H21ClN4O7S/c1-12(13-3-5-14(20)6-4-13)23-18(25)11-31-19(26)10-22-32(29,30)15-7-8-16(21-2)17(9-15)24(27)28/h3-9,12,21-22H,10-11H2,1-2H3,(H,23,25). The fourth-order valence-corrected chi connectivity index (χ4v) is 3.71. The van der Waals surface area contributed by atoms with Crippen LogP contribution >= 0.6 is 11.6 Å². The number of anilines is 1. The molecule has 0 radical (unpaired) electrons. The predicted octanol–water partition coefficient (Wildman–Crippen LogP) is 1.99. The van der Waals surface area contributed by atoms with Crippen LogP contribution in [0, 0.1) is 10.1 Å². The van der Waals surface area contributed by atoms with Crippen molar-refractivity contribution in [3.8, 4) is 0 Å². The Morgan fingerprint density at radius 3 is 2.44 bits per heavy atom. The van der Waals surface area contributed by atoms with E-state index in [0.29, 0.717) is 5.02 Å². The van der Waals surface area contributed by atoms with E-state index in [1.54, 1.807) is 31.2 Å². The molecule has 13 heteroatoms. The highest BCUT2D eigenvalue weighted by Crippen LogP contribution is 2.27. The van der Waals surface area contributed by atoms with Gasteiger partial charge in [0, 0.05) is 18.1 Å². The number of halogens is 1. The van der Waals surface area contributed by atoms with Gasteiger partial charge in [-0.05, 0) is 36.8 Å². The quantitative estimate of drug-likeness (QED) is 0.262. The second kappa shape index (κ2) is 10.9.